The van der Waals surface area contributed by atoms with Gasteiger partial charge in [-0.15, -0.1) is 0 Å². The number of aromatic nitrogens is 2. The molecule has 0 radical (unpaired) electrons. The molecule has 2 fully saturated rings. The maximum Gasteiger partial charge on any atom is 0.268 e. The Bertz CT molecular complexity index is 1190. The Hall–Kier alpha value is -3.00. The van der Waals surface area contributed by atoms with Crippen molar-refractivity contribution in [3.8, 4) is 0 Å². The number of H-pyrrole nitrogens is 1. The first-order valence-electron chi connectivity index (χ1n) is 10.0. The summed E-state index contributed by atoms with van der Waals surface area (Å²) in [4.78, 5) is 34.8. The van der Waals surface area contributed by atoms with Crippen molar-refractivity contribution in [1.82, 2.24) is 20.2 Å². The maximum atomic E-state index is 14.3. The van der Waals surface area contributed by atoms with Gasteiger partial charge < -0.3 is 15.2 Å². The SMILES string of the molecule is O=C(N[C@@H](Cc1ccc(F)cc1F)C(=O)N1CC2CC2C1)c1cc2cc(Cl)cnc2[nH]1. The van der Waals surface area contributed by atoms with Crippen molar-refractivity contribution < 1.29 is 18.4 Å². The van der Waals surface area contributed by atoms with Crippen molar-refractivity contribution in [3.05, 3.63) is 64.4 Å². The fraction of sp³-hybridized carbons (Fsp3) is 0.318. The van der Waals surface area contributed by atoms with Crippen molar-refractivity contribution in [2.24, 2.45) is 11.8 Å². The highest BCUT2D eigenvalue weighted by Gasteiger charge is 2.47. The van der Waals surface area contributed by atoms with Crippen molar-refractivity contribution in [1.29, 1.82) is 0 Å². The van der Waals surface area contributed by atoms with Gasteiger partial charge >= 0.3 is 0 Å². The molecule has 0 bridgehead atoms. The monoisotopic (exact) mass is 444 g/mol. The number of halogens is 3. The quantitative estimate of drug-likeness (QED) is 0.633. The van der Waals surface area contributed by atoms with Crippen LogP contribution in [0.1, 0.15) is 22.5 Å². The van der Waals surface area contributed by atoms with E-state index in [0.717, 1.165) is 18.6 Å². The van der Waals surface area contributed by atoms with Crippen LogP contribution in [0.5, 0.6) is 0 Å². The Morgan fingerprint density at radius 2 is 2.00 bits per heavy atom. The largest absolute Gasteiger partial charge is 0.340 e. The van der Waals surface area contributed by atoms with Crippen molar-refractivity contribution in [2.45, 2.75) is 18.9 Å². The van der Waals surface area contributed by atoms with Crippen LogP contribution in [-0.4, -0.2) is 45.8 Å². The zero-order valence-corrected chi connectivity index (χ0v) is 17.1. The van der Waals surface area contributed by atoms with Gasteiger partial charge in [0.1, 0.15) is 29.0 Å². The Morgan fingerprint density at radius 1 is 1.23 bits per heavy atom. The molecule has 0 spiro atoms. The van der Waals surface area contributed by atoms with Crippen molar-refractivity contribution >= 4 is 34.4 Å². The normalized spacial score (nSPS) is 20.5. The first-order chi connectivity index (χ1) is 14.9. The maximum absolute atomic E-state index is 14.3. The second kappa shape index (κ2) is 7.60. The molecule has 2 aliphatic rings. The van der Waals surface area contributed by atoms with Crippen LogP contribution in [0.3, 0.4) is 0 Å². The third-order valence-corrected chi connectivity index (χ3v) is 6.22. The number of likely N-dealkylation sites (tertiary alicyclic amines) is 1. The molecule has 1 aliphatic heterocycles. The van der Waals surface area contributed by atoms with Crippen LogP contribution in [0.4, 0.5) is 8.78 Å². The number of carbonyl (C=O) groups is 2. The van der Waals surface area contributed by atoms with Crippen LogP contribution in [0.25, 0.3) is 11.0 Å². The smallest absolute Gasteiger partial charge is 0.268 e. The third kappa shape index (κ3) is 3.99. The van der Waals surface area contributed by atoms with Gasteiger partial charge in [0.2, 0.25) is 5.91 Å². The van der Waals surface area contributed by atoms with Crippen LogP contribution < -0.4 is 5.32 Å². The van der Waals surface area contributed by atoms with Gasteiger partial charge in [0.05, 0.1) is 5.02 Å². The highest BCUT2D eigenvalue weighted by atomic mass is 35.5. The number of hydrogen-bond acceptors (Lipinski definition) is 3. The van der Waals surface area contributed by atoms with Gasteiger partial charge in [-0.3, -0.25) is 9.59 Å². The molecular formula is C22H19ClF2N4O2. The van der Waals surface area contributed by atoms with Gasteiger partial charge in [-0.05, 0) is 42.0 Å². The van der Waals surface area contributed by atoms with E-state index in [-0.39, 0.29) is 23.6 Å². The molecule has 160 valence electrons. The number of rotatable bonds is 5. The summed E-state index contributed by atoms with van der Waals surface area (Å²) in [5, 5.41) is 3.82. The Kier molecular flexibility index (Phi) is 4.89. The van der Waals surface area contributed by atoms with Gasteiger partial charge in [0.15, 0.2) is 0 Å². The summed E-state index contributed by atoms with van der Waals surface area (Å²) in [6.45, 7) is 1.30. The summed E-state index contributed by atoms with van der Waals surface area (Å²) < 4.78 is 27.5. The number of benzene rings is 1. The van der Waals surface area contributed by atoms with Crippen LogP contribution in [0.2, 0.25) is 5.02 Å². The summed E-state index contributed by atoms with van der Waals surface area (Å²) in [7, 11) is 0. The minimum absolute atomic E-state index is 0.0766. The molecule has 9 heteroatoms. The van der Waals surface area contributed by atoms with E-state index < -0.39 is 23.6 Å². The summed E-state index contributed by atoms with van der Waals surface area (Å²) in [6.07, 6.45) is 2.51. The van der Waals surface area contributed by atoms with Crippen LogP contribution in [-0.2, 0) is 11.2 Å². The van der Waals surface area contributed by atoms with Crippen molar-refractivity contribution in [2.75, 3.05) is 13.1 Å². The third-order valence-electron chi connectivity index (χ3n) is 6.01. The second-order valence-electron chi connectivity index (χ2n) is 8.24. The molecule has 1 aromatic carbocycles. The van der Waals surface area contributed by atoms with Crippen molar-refractivity contribution in [3.63, 3.8) is 0 Å². The van der Waals surface area contributed by atoms with Gasteiger partial charge in [-0.25, -0.2) is 13.8 Å². The van der Waals surface area contributed by atoms with Gasteiger partial charge in [-0.1, -0.05) is 17.7 Å². The average molecular weight is 445 g/mol. The lowest BCUT2D eigenvalue weighted by Crippen LogP contribution is -2.49. The average Bonchev–Trinajstić information content (AvgIpc) is 3.14. The van der Waals surface area contributed by atoms with Gasteiger partial charge in [-0.2, -0.15) is 0 Å². The minimum atomic E-state index is -0.979. The molecule has 3 heterocycles. The molecule has 2 amide bonds. The van der Waals surface area contributed by atoms with Crippen LogP contribution in [0.15, 0.2) is 36.5 Å². The van der Waals surface area contributed by atoms with Crippen LogP contribution in [0, 0.1) is 23.5 Å². The number of fused-ring (bicyclic) bond motifs is 2. The van der Waals surface area contributed by atoms with E-state index in [0.29, 0.717) is 41.0 Å². The lowest BCUT2D eigenvalue weighted by atomic mass is 10.0. The van der Waals surface area contributed by atoms with E-state index in [1.54, 1.807) is 17.0 Å². The van der Waals surface area contributed by atoms with E-state index in [2.05, 4.69) is 15.3 Å². The summed E-state index contributed by atoms with van der Waals surface area (Å²) in [5.41, 5.74) is 0.863. The number of piperidine rings is 1. The number of aromatic amines is 1. The highest BCUT2D eigenvalue weighted by molar-refractivity contribution is 6.31. The predicted molar refractivity (Wildman–Crippen MR) is 111 cm³/mol. The Labute approximate surface area is 181 Å². The van der Waals surface area contributed by atoms with E-state index in [1.807, 2.05) is 0 Å². The minimum Gasteiger partial charge on any atom is -0.340 e. The number of carbonyl (C=O) groups excluding carboxylic acids is 2. The van der Waals surface area contributed by atoms with Gasteiger partial charge in [0, 0.05) is 37.2 Å². The summed E-state index contributed by atoms with van der Waals surface area (Å²) in [6, 6.07) is 5.50. The standard InChI is InChI=1S/C22H19ClF2N4O2/c23-15-4-12-6-18(27-20(12)26-8-15)21(30)28-19(5-11-1-2-16(24)7-17(11)25)22(31)29-9-13-3-14(13)10-29/h1-2,4,6-8,13-14,19H,3,5,9-10H2,(H,26,27)(H,28,30)/t13?,14?,19-/m0/s1. The first kappa shape index (κ1) is 19.9. The van der Waals surface area contributed by atoms with E-state index in [4.69, 9.17) is 11.6 Å². The fourth-order valence-electron chi connectivity index (χ4n) is 4.25. The molecule has 1 aliphatic carbocycles. The highest BCUT2D eigenvalue weighted by Crippen LogP contribution is 2.45. The molecule has 31 heavy (non-hydrogen) atoms. The fourth-order valence-corrected chi connectivity index (χ4v) is 4.42. The molecule has 3 atom stereocenters. The zero-order valence-electron chi connectivity index (χ0n) is 16.4. The van der Waals surface area contributed by atoms with Crippen LogP contribution >= 0.6 is 11.6 Å². The zero-order chi connectivity index (χ0) is 21.7. The van der Waals surface area contributed by atoms with E-state index in [9.17, 15) is 18.4 Å². The first-order valence-corrected chi connectivity index (χ1v) is 10.4. The molecule has 1 saturated heterocycles. The number of hydrogen-bond donors (Lipinski definition) is 2. The van der Waals surface area contributed by atoms with Gasteiger partial charge in [0.25, 0.3) is 5.91 Å². The lowest BCUT2D eigenvalue weighted by molar-refractivity contribution is -0.132. The van der Waals surface area contributed by atoms with E-state index in [1.165, 1.54) is 12.3 Å². The Balaban J connectivity index is 1.39. The molecular weight excluding hydrogens is 426 g/mol. The molecule has 3 aromatic rings. The predicted octanol–water partition coefficient (Wildman–Crippen LogP) is 3.31. The molecule has 5 rings (SSSR count). The molecule has 2 unspecified atom stereocenters. The molecule has 2 aromatic heterocycles. The number of amides is 2. The molecule has 6 nitrogen and oxygen atoms in total. The molecule has 2 N–H and O–H groups in total. The number of nitrogens with one attached hydrogen (secondary N) is 2. The Morgan fingerprint density at radius 3 is 2.74 bits per heavy atom. The number of nitrogens with zero attached hydrogens (tertiary/aromatic N) is 2. The summed E-state index contributed by atoms with van der Waals surface area (Å²) in [5.74, 6) is -1.18. The topological polar surface area (TPSA) is 78.1 Å². The lowest BCUT2D eigenvalue weighted by Gasteiger charge is -2.25. The number of pyridine rings is 1. The molecule has 1 saturated carbocycles. The summed E-state index contributed by atoms with van der Waals surface area (Å²) >= 11 is 5.95. The van der Waals surface area contributed by atoms with E-state index >= 15 is 0 Å². The second-order valence-corrected chi connectivity index (χ2v) is 8.68.